The monoisotopic (exact) mass is 285 g/mol. The van der Waals surface area contributed by atoms with E-state index >= 15 is 0 Å². The number of benzene rings is 1. The van der Waals surface area contributed by atoms with Crippen LogP contribution >= 0.6 is 0 Å². The lowest BCUT2D eigenvalue weighted by Gasteiger charge is -2.34. The van der Waals surface area contributed by atoms with E-state index in [1.807, 2.05) is 0 Å². The van der Waals surface area contributed by atoms with Crippen molar-refractivity contribution in [3.63, 3.8) is 0 Å². The fraction of sp³-hybridized carbons (Fsp3) is 0.417. The third kappa shape index (κ3) is 2.25. The van der Waals surface area contributed by atoms with Crippen LogP contribution in [0, 0.1) is 0 Å². The Morgan fingerprint density at radius 3 is 2.79 bits per heavy atom. The number of para-hydroxylation sites is 1. The summed E-state index contributed by atoms with van der Waals surface area (Å²) < 4.78 is 29.7. The van der Waals surface area contributed by atoms with Gasteiger partial charge in [0.2, 0.25) is 0 Å². The summed E-state index contributed by atoms with van der Waals surface area (Å²) in [4.78, 5) is 12.6. The van der Waals surface area contributed by atoms with Gasteiger partial charge in [-0.05, 0) is 19.1 Å². The van der Waals surface area contributed by atoms with Crippen molar-refractivity contribution < 1.29 is 23.1 Å². The van der Waals surface area contributed by atoms with Crippen molar-refractivity contribution in [3.05, 3.63) is 18.2 Å². The first-order valence-corrected chi connectivity index (χ1v) is 7.30. The van der Waals surface area contributed by atoms with E-state index in [1.54, 1.807) is 19.1 Å². The molecule has 1 heterocycles. The van der Waals surface area contributed by atoms with Crippen LogP contribution in [0.25, 0.3) is 0 Å². The highest BCUT2D eigenvalue weighted by Gasteiger charge is 2.37. The molecular weight excluding hydrogens is 270 g/mol. The molecule has 0 radical (unpaired) electrons. The molecule has 0 fully saturated rings. The highest BCUT2D eigenvalue weighted by molar-refractivity contribution is 7.92. The van der Waals surface area contributed by atoms with Gasteiger partial charge in [0, 0.05) is 6.54 Å². The van der Waals surface area contributed by atoms with Crippen LogP contribution in [0.5, 0.6) is 5.75 Å². The molecule has 0 aromatic heterocycles. The van der Waals surface area contributed by atoms with E-state index in [1.165, 1.54) is 18.1 Å². The summed E-state index contributed by atoms with van der Waals surface area (Å²) in [5.74, 6) is -0.641. The van der Waals surface area contributed by atoms with Crippen molar-refractivity contribution in [3.8, 4) is 5.75 Å². The molecule has 1 unspecified atom stereocenters. The molecule has 1 aliphatic heterocycles. The average molecular weight is 285 g/mol. The minimum Gasteiger partial charge on any atom is -0.495 e. The van der Waals surface area contributed by atoms with Crippen LogP contribution in [0.2, 0.25) is 0 Å². The van der Waals surface area contributed by atoms with Crippen molar-refractivity contribution in [2.45, 2.75) is 17.1 Å². The van der Waals surface area contributed by atoms with E-state index in [0.717, 1.165) is 0 Å². The summed E-state index contributed by atoms with van der Waals surface area (Å²) in [5.41, 5.74) is 0.338. The number of methoxy groups -OCH3 is 1. The standard InChI is InChI=1S/C12H15NO5S/c1-8-6-13(7-11(14)15)12-9(18-2)4-3-5-10(12)19(8,16)17/h3-5,8H,6-7H2,1-2H3,(H,14,15). The normalized spacial score (nSPS) is 20.7. The number of sulfone groups is 1. The van der Waals surface area contributed by atoms with Gasteiger partial charge in [-0.25, -0.2) is 8.42 Å². The van der Waals surface area contributed by atoms with Gasteiger partial charge in [0.15, 0.2) is 9.84 Å². The van der Waals surface area contributed by atoms with Crippen LogP contribution in [0.3, 0.4) is 0 Å². The van der Waals surface area contributed by atoms with Gasteiger partial charge in [0.25, 0.3) is 0 Å². The fourth-order valence-corrected chi connectivity index (χ4v) is 3.81. The second kappa shape index (κ2) is 4.73. The number of carboxylic acids is 1. The van der Waals surface area contributed by atoms with Gasteiger partial charge in [-0.3, -0.25) is 4.79 Å². The maximum Gasteiger partial charge on any atom is 0.323 e. The number of rotatable bonds is 3. The minimum atomic E-state index is -3.44. The summed E-state index contributed by atoms with van der Waals surface area (Å²) >= 11 is 0. The van der Waals surface area contributed by atoms with E-state index in [-0.39, 0.29) is 18.0 Å². The number of carboxylic acid groups (broad SMARTS) is 1. The topological polar surface area (TPSA) is 83.9 Å². The summed E-state index contributed by atoms with van der Waals surface area (Å²) in [5, 5.41) is 8.29. The number of nitrogens with zero attached hydrogens (tertiary/aromatic N) is 1. The molecule has 0 bridgehead atoms. The molecule has 0 amide bonds. The number of fused-ring (bicyclic) bond motifs is 1. The predicted octanol–water partition coefficient (Wildman–Crippen LogP) is 0.762. The van der Waals surface area contributed by atoms with Gasteiger partial charge in [-0.1, -0.05) is 6.07 Å². The van der Waals surface area contributed by atoms with Crippen LogP contribution in [0.15, 0.2) is 23.1 Å². The molecule has 104 valence electrons. The van der Waals surface area contributed by atoms with Gasteiger partial charge in [-0.15, -0.1) is 0 Å². The first kappa shape index (κ1) is 13.7. The van der Waals surface area contributed by atoms with Crippen molar-refractivity contribution in [1.82, 2.24) is 0 Å². The zero-order valence-electron chi connectivity index (χ0n) is 10.7. The summed E-state index contributed by atoms with van der Waals surface area (Å²) in [6.45, 7) is 1.46. The van der Waals surface area contributed by atoms with Gasteiger partial charge >= 0.3 is 5.97 Å². The van der Waals surface area contributed by atoms with E-state index in [0.29, 0.717) is 11.4 Å². The van der Waals surface area contributed by atoms with Crippen molar-refractivity contribution in [2.24, 2.45) is 0 Å². The Bertz CT molecular complexity index is 611. The Kier molecular flexibility index (Phi) is 3.40. The molecule has 6 nitrogen and oxygen atoms in total. The third-order valence-corrected chi connectivity index (χ3v) is 5.29. The molecule has 7 heteroatoms. The Morgan fingerprint density at radius 1 is 1.53 bits per heavy atom. The maximum atomic E-state index is 12.3. The highest BCUT2D eigenvalue weighted by Crippen LogP contribution is 2.40. The zero-order valence-corrected chi connectivity index (χ0v) is 11.5. The van der Waals surface area contributed by atoms with Crippen LogP contribution in [0.4, 0.5) is 5.69 Å². The summed E-state index contributed by atoms with van der Waals surface area (Å²) in [6, 6.07) is 4.70. The van der Waals surface area contributed by atoms with E-state index in [4.69, 9.17) is 9.84 Å². The first-order valence-electron chi connectivity index (χ1n) is 5.75. The molecule has 0 aliphatic carbocycles. The molecule has 1 aromatic rings. The number of ether oxygens (including phenoxy) is 1. The molecule has 19 heavy (non-hydrogen) atoms. The zero-order chi connectivity index (χ0) is 14.2. The fourth-order valence-electron chi connectivity index (χ4n) is 2.23. The quantitative estimate of drug-likeness (QED) is 0.882. The van der Waals surface area contributed by atoms with Crippen LogP contribution in [-0.4, -0.2) is 44.9 Å². The molecular formula is C12H15NO5S. The molecule has 0 saturated carbocycles. The smallest absolute Gasteiger partial charge is 0.323 e. The number of anilines is 1. The Balaban J connectivity index is 2.64. The van der Waals surface area contributed by atoms with Gasteiger partial charge < -0.3 is 14.7 Å². The largest absolute Gasteiger partial charge is 0.495 e. The van der Waals surface area contributed by atoms with Crippen molar-refractivity contribution in [2.75, 3.05) is 25.1 Å². The number of carbonyl (C=O) groups is 1. The Labute approximate surface area is 111 Å². The van der Waals surface area contributed by atoms with Crippen LogP contribution in [0.1, 0.15) is 6.92 Å². The molecule has 1 N–H and O–H groups in total. The van der Waals surface area contributed by atoms with Crippen molar-refractivity contribution in [1.29, 1.82) is 0 Å². The summed E-state index contributed by atoms with van der Waals surface area (Å²) in [6.07, 6.45) is 0. The Hall–Kier alpha value is -1.76. The van der Waals surface area contributed by atoms with Crippen LogP contribution in [-0.2, 0) is 14.6 Å². The van der Waals surface area contributed by atoms with E-state index in [9.17, 15) is 13.2 Å². The second-order valence-electron chi connectivity index (χ2n) is 4.44. The third-order valence-electron chi connectivity index (χ3n) is 3.14. The first-order chi connectivity index (χ1) is 8.87. The van der Waals surface area contributed by atoms with Gasteiger partial charge in [-0.2, -0.15) is 0 Å². The number of hydrogen-bond donors (Lipinski definition) is 1. The minimum absolute atomic E-state index is 0.131. The predicted molar refractivity (Wildman–Crippen MR) is 69.5 cm³/mol. The van der Waals surface area contributed by atoms with Gasteiger partial charge in [0.05, 0.1) is 22.9 Å². The lowest BCUT2D eigenvalue weighted by Crippen LogP contribution is -2.43. The molecule has 1 aliphatic rings. The molecule has 0 spiro atoms. The van der Waals surface area contributed by atoms with Crippen molar-refractivity contribution >= 4 is 21.5 Å². The maximum absolute atomic E-state index is 12.3. The number of hydrogen-bond acceptors (Lipinski definition) is 5. The van der Waals surface area contributed by atoms with Gasteiger partial charge in [0.1, 0.15) is 12.3 Å². The van der Waals surface area contributed by atoms with E-state index < -0.39 is 21.1 Å². The number of aliphatic carboxylic acids is 1. The second-order valence-corrected chi connectivity index (χ2v) is 6.77. The average Bonchev–Trinajstić information content (AvgIpc) is 2.34. The summed E-state index contributed by atoms with van der Waals surface area (Å²) in [7, 11) is -2.01. The Morgan fingerprint density at radius 2 is 2.21 bits per heavy atom. The molecule has 0 saturated heterocycles. The SMILES string of the molecule is COc1cccc2c1N(CC(=O)O)CC(C)S2(=O)=O. The lowest BCUT2D eigenvalue weighted by atomic mass is 10.2. The lowest BCUT2D eigenvalue weighted by molar-refractivity contribution is -0.135. The molecule has 1 aromatic carbocycles. The highest BCUT2D eigenvalue weighted by atomic mass is 32.2. The molecule has 1 atom stereocenters. The molecule has 2 rings (SSSR count). The van der Waals surface area contributed by atoms with Crippen LogP contribution < -0.4 is 9.64 Å². The van der Waals surface area contributed by atoms with E-state index in [2.05, 4.69) is 0 Å².